The fraction of sp³-hybridized carbons (Fsp3) is 0.615. The Hall–Kier alpha value is -2.18. The van der Waals surface area contributed by atoms with Gasteiger partial charge >= 0.3 is 0 Å². The van der Waals surface area contributed by atoms with Gasteiger partial charge in [0.2, 0.25) is 0 Å². The van der Waals surface area contributed by atoms with Crippen LogP contribution in [0, 0.1) is 12.8 Å². The number of ether oxygens (including phenoxy) is 1. The third-order valence-electron chi connectivity index (χ3n) is 6.89. The molecule has 2 fully saturated rings. The predicted molar refractivity (Wildman–Crippen MR) is 125 cm³/mol. The fourth-order valence-electron chi connectivity index (χ4n) is 4.77. The SMILES string of the molecule is Cc1ccccc1CN1CCC(CN(C[C@H]2CCCO2)C(=O)c2cc(C(C)C)on2)CC1. The Morgan fingerprint density at radius 2 is 1.97 bits per heavy atom. The summed E-state index contributed by atoms with van der Waals surface area (Å²) in [5.74, 6) is 1.45. The van der Waals surface area contributed by atoms with Crippen LogP contribution in [0.3, 0.4) is 0 Å². The van der Waals surface area contributed by atoms with Gasteiger partial charge in [-0.25, -0.2) is 0 Å². The highest BCUT2D eigenvalue weighted by Crippen LogP contribution is 2.24. The average molecular weight is 440 g/mol. The van der Waals surface area contributed by atoms with Gasteiger partial charge in [0.1, 0.15) is 5.76 Å². The standard InChI is InChI=1S/C26H37N3O3/c1-19(2)25-15-24(27-32-25)26(30)29(18-23-9-6-14-31-23)16-21-10-12-28(13-11-21)17-22-8-5-4-7-20(22)3/h4-5,7-8,15,19,21,23H,6,9-14,16-18H2,1-3H3/t23-/m1/s1. The topological polar surface area (TPSA) is 58.8 Å². The summed E-state index contributed by atoms with van der Waals surface area (Å²) < 4.78 is 11.3. The van der Waals surface area contributed by atoms with Crippen molar-refractivity contribution in [2.24, 2.45) is 5.92 Å². The van der Waals surface area contributed by atoms with Crippen molar-refractivity contribution in [3.63, 3.8) is 0 Å². The molecule has 4 rings (SSSR count). The molecule has 1 atom stereocenters. The van der Waals surface area contributed by atoms with Gasteiger partial charge in [0.05, 0.1) is 6.10 Å². The molecule has 3 heterocycles. The Kier molecular flexibility index (Phi) is 7.63. The molecular formula is C26H37N3O3. The Morgan fingerprint density at radius 1 is 1.19 bits per heavy atom. The molecule has 0 saturated carbocycles. The second-order valence-corrected chi connectivity index (χ2v) is 9.76. The van der Waals surface area contributed by atoms with Gasteiger partial charge in [-0.3, -0.25) is 9.69 Å². The Bertz CT molecular complexity index is 880. The number of rotatable bonds is 8. The molecule has 6 nitrogen and oxygen atoms in total. The normalized spacial score (nSPS) is 20.2. The van der Waals surface area contributed by atoms with Gasteiger partial charge in [0.25, 0.3) is 5.91 Å². The van der Waals surface area contributed by atoms with E-state index in [1.807, 2.05) is 18.7 Å². The van der Waals surface area contributed by atoms with Crippen molar-refractivity contribution in [2.75, 3.05) is 32.8 Å². The number of aromatic nitrogens is 1. The molecule has 0 unspecified atom stereocenters. The molecule has 174 valence electrons. The van der Waals surface area contributed by atoms with E-state index >= 15 is 0 Å². The lowest BCUT2D eigenvalue weighted by molar-refractivity contribution is 0.0437. The largest absolute Gasteiger partial charge is 0.376 e. The molecule has 1 aromatic heterocycles. The van der Waals surface area contributed by atoms with E-state index in [1.165, 1.54) is 11.1 Å². The number of aryl methyl sites for hydroxylation is 1. The first-order valence-corrected chi connectivity index (χ1v) is 12.1. The zero-order valence-corrected chi connectivity index (χ0v) is 19.8. The maximum atomic E-state index is 13.3. The van der Waals surface area contributed by atoms with E-state index in [9.17, 15) is 4.79 Å². The lowest BCUT2D eigenvalue weighted by atomic mass is 9.95. The van der Waals surface area contributed by atoms with E-state index < -0.39 is 0 Å². The molecular weight excluding hydrogens is 402 g/mol. The molecule has 2 saturated heterocycles. The van der Waals surface area contributed by atoms with Gasteiger partial charge < -0.3 is 14.2 Å². The summed E-state index contributed by atoms with van der Waals surface area (Å²) in [5, 5.41) is 4.08. The van der Waals surface area contributed by atoms with Crippen molar-refractivity contribution in [1.29, 1.82) is 0 Å². The monoisotopic (exact) mass is 439 g/mol. The summed E-state index contributed by atoms with van der Waals surface area (Å²) in [6.45, 7) is 11.6. The highest BCUT2D eigenvalue weighted by molar-refractivity contribution is 5.92. The zero-order valence-electron chi connectivity index (χ0n) is 19.8. The van der Waals surface area contributed by atoms with Crippen LogP contribution in [0.5, 0.6) is 0 Å². The van der Waals surface area contributed by atoms with Gasteiger partial charge in [-0.2, -0.15) is 0 Å². The summed E-state index contributed by atoms with van der Waals surface area (Å²) in [6, 6.07) is 10.4. The number of hydrogen-bond donors (Lipinski definition) is 0. The van der Waals surface area contributed by atoms with E-state index in [1.54, 1.807) is 6.07 Å². The third-order valence-corrected chi connectivity index (χ3v) is 6.89. The summed E-state index contributed by atoms with van der Waals surface area (Å²) >= 11 is 0. The molecule has 1 amide bonds. The molecule has 2 aliphatic rings. The number of carbonyl (C=O) groups excluding carboxylic acids is 1. The highest BCUT2D eigenvalue weighted by Gasteiger charge is 2.29. The summed E-state index contributed by atoms with van der Waals surface area (Å²) in [7, 11) is 0. The lowest BCUT2D eigenvalue weighted by Gasteiger charge is -2.35. The number of carbonyl (C=O) groups is 1. The maximum Gasteiger partial charge on any atom is 0.276 e. The van der Waals surface area contributed by atoms with Crippen molar-refractivity contribution in [3.05, 3.63) is 52.9 Å². The van der Waals surface area contributed by atoms with Crippen LogP contribution in [-0.2, 0) is 11.3 Å². The Morgan fingerprint density at radius 3 is 2.62 bits per heavy atom. The van der Waals surface area contributed by atoms with E-state index in [0.717, 1.165) is 64.2 Å². The van der Waals surface area contributed by atoms with Gasteiger partial charge in [0, 0.05) is 38.2 Å². The van der Waals surface area contributed by atoms with Gasteiger partial charge in [-0.15, -0.1) is 0 Å². The molecule has 0 N–H and O–H groups in total. The maximum absolute atomic E-state index is 13.3. The molecule has 0 aliphatic carbocycles. The minimum atomic E-state index is -0.0292. The van der Waals surface area contributed by atoms with Crippen LogP contribution < -0.4 is 0 Å². The Balaban J connectivity index is 1.36. The van der Waals surface area contributed by atoms with E-state index in [2.05, 4.69) is 41.2 Å². The van der Waals surface area contributed by atoms with Crippen LogP contribution in [0.25, 0.3) is 0 Å². The van der Waals surface area contributed by atoms with E-state index in [0.29, 0.717) is 18.2 Å². The number of amides is 1. The van der Waals surface area contributed by atoms with Crippen LogP contribution in [0.2, 0.25) is 0 Å². The zero-order chi connectivity index (χ0) is 22.5. The van der Waals surface area contributed by atoms with E-state index in [-0.39, 0.29) is 17.9 Å². The second kappa shape index (κ2) is 10.6. The molecule has 1 aromatic carbocycles. The van der Waals surface area contributed by atoms with Gasteiger partial charge in [-0.05, 0) is 62.7 Å². The number of piperidine rings is 1. The van der Waals surface area contributed by atoms with Crippen LogP contribution in [0.1, 0.15) is 72.8 Å². The molecule has 0 spiro atoms. The predicted octanol–water partition coefficient (Wildman–Crippen LogP) is 4.64. The van der Waals surface area contributed by atoms with Crippen LogP contribution in [-0.4, -0.2) is 59.8 Å². The minimum absolute atomic E-state index is 0.0292. The number of hydrogen-bond acceptors (Lipinski definition) is 5. The molecule has 6 heteroatoms. The van der Waals surface area contributed by atoms with Crippen molar-refractivity contribution in [3.8, 4) is 0 Å². The minimum Gasteiger partial charge on any atom is -0.376 e. The van der Waals surface area contributed by atoms with Crippen LogP contribution in [0.4, 0.5) is 0 Å². The molecule has 2 aromatic rings. The van der Waals surface area contributed by atoms with Crippen LogP contribution in [0.15, 0.2) is 34.9 Å². The van der Waals surface area contributed by atoms with Crippen molar-refractivity contribution >= 4 is 5.91 Å². The summed E-state index contributed by atoms with van der Waals surface area (Å²) in [5.41, 5.74) is 3.19. The number of nitrogens with zero attached hydrogens (tertiary/aromatic N) is 3. The Labute approximate surface area is 191 Å². The van der Waals surface area contributed by atoms with Crippen LogP contribution >= 0.6 is 0 Å². The molecule has 0 radical (unpaired) electrons. The van der Waals surface area contributed by atoms with Crippen molar-refractivity contribution in [1.82, 2.24) is 15.0 Å². The smallest absolute Gasteiger partial charge is 0.276 e. The third kappa shape index (κ3) is 5.78. The fourth-order valence-corrected chi connectivity index (χ4v) is 4.77. The highest BCUT2D eigenvalue weighted by atomic mass is 16.5. The van der Waals surface area contributed by atoms with Gasteiger partial charge in [-0.1, -0.05) is 43.3 Å². The van der Waals surface area contributed by atoms with E-state index in [4.69, 9.17) is 9.26 Å². The number of likely N-dealkylation sites (tertiary alicyclic amines) is 1. The lowest BCUT2D eigenvalue weighted by Crippen LogP contribution is -2.43. The van der Waals surface area contributed by atoms with Crippen molar-refractivity contribution < 1.29 is 14.1 Å². The average Bonchev–Trinajstić information content (AvgIpc) is 3.48. The number of benzene rings is 1. The van der Waals surface area contributed by atoms with Crippen molar-refractivity contribution in [2.45, 2.75) is 65.0 Å². The molecule has 32 heavy (non-hydrogen) atoms. The first-order chi connectivity index (χ1) is 15.5. The van der Waals surface area contributed by atoms with Gasteiger partial charge in [0.15, 0.2) is 5.69 Å². The quantitative estimate of drug-likeness (QED) is 0.600. The molecule has 0 bridgehead atoms. The first kappa shape index (κ1) is 23.0. The first-order valence-electron chi connectivity index (χ1n) is 12.1. The summed E-state index contributed by atoms with van der Waals surface area (Å²) in [6.07, 6.45) is 4.45. The summed E-state index contributed by atoms with van der Waals surface area (Å²) in [4.78, 5) is 17.8. The molecule has 2 aliphatic heterocycles. The second-order valence-electron chi connectivity index (χ2n) is 9.76.